The lowest BCUT2D eigenvalue weighted by atomic mass is 10.1. The van der Waals surface area contributed by atoms with Crippen molar-refractivity contribution in [3.8, 4) is 0 Å². The number of rotatable bonds is 4. The Morgan fingerprint density at radius 1 is 1.47 bits per heavy atom. The number of aryl methyl sites for hydroxylation is 2. The van der Waals surface area contributed by atoms with Crippen LogP contribution >= 0.6 is 0 Å². The summed E-state index contributed by atoms with van der Waals surface area (Å²) in [6.45, 7) is 5.97. The minimum absolute atomic E-state index is 0.0562. The molecule has 0 unspecified atom stereocenters. The second-order valence-corrected chi connectivity index (χ2v) is 4.36. The Hall–Kier alpha value is -1.52. The van der Waals surface area contributed by atoms with Crippen LogP contribution in [0, 0.1) is 6.92 Å². The SMILES string of the molecule is CCC(CC)N(C)C(=O)c1c(N)c(C)nn1C. The van der Waals surface area contributed by atoms with Crippen LogP contribution in [-0.2, 0) is 7.05 Å². The van der Waals surface area contributed by atoms with Crippen LogP contribution in [0.25, 0.3) is 0 Å². The van der Waals surface area contributed by atoms with E-state index in [-0.39, 0.29) is 11.9 Å². The first kappa shape index (κ1) is 13.5. The minimum atomic E-state index is -0.0562. The molecule has 0 radical (unpaired) electrons. The van der Waals surface area contributed by atoms with Crippen LogP contribution in [0.4, 0.5) is 5.69 Å². The summed E-state index contributed by atoms with van der Waals surface area (Å²) in [5, 5.41) is 4.17. The topological polar surface area (TPSA) is 64.2 Å². The van der Waals surface area contributed by atoms with Crippen LogP contribution in [0.2, 0.25) is 0 Å². The number of nitrogen functional groups attached to an aromatic ring is 1. The average Bonchev–Trinajstić information content (AvgIpc) is 2.54. The fourth-order valence-electron chi connectivity index (χ4n) is 2.10. The maximum Gasteiger partial charge on any atom is 0.274 e. The van der Waals surface area contributed by atoms with Gasteiger partial charge in [0.1, 0.15) is 5.69 Å². The number of carbonyl (C=O) groups is 1. The normalized spacial score (nSPS) is 10.9. The first-order chi connectivity index (χ1) is 7.93. The fraction of sp³-hybridized carbons (Fsp3) is 0.667. The summed E-state index contributed by atoms with van der Waals surface area (Å²) in [5.74, 6) is -0.0562. The van der Waals surface area contributed by atoms with E-state index in [1.54, 1.807) is 16.6 Å². The number of nitrogens with two attached hydrogens (primary N) is 1. The third kappa shape index (κ3) is 2.43. The highest BCUT2D eigenvalue weighted by Crippen LogP contribution is 2.19. The average molecular weight is 238 g/mol. The Labute approximate surface area is 103 Å². The molecule has 0 aliphatic carbocycles. The molecule has 0 atom stereocenters. The summed E-state index contributed by atoms with van der Waals surface area (Å²) < 4.78 is 1.56. The Morgan fingerprint density at radius 2 is 2.00 bits per heavy atom. The van der Waals surface area contributed by atoms with Crippen LogP contribution in [-0.4, -0.2) is 33.7 Å². The van der Waals surface area contributed by atoms with Crippen LogP contribution in [0.1, 0.15) is 42.9 Å². The van der Waals surface area contributed by atoms with Gasteiger partial charge < -0.3 is 10.6 Å². The molecule has 0 bridgehead atoms. The molecule has 1 heterocycles. The van der Waals surface area contributed by atoms with E-state index in [9.17, 15) is 4.79 Å². The molecule has 1 aromatic rings. The number of carbonyl (C=O) groups excluding carboxylic acids is 1. The van der Waals surface area contributed by atoms with Gasteiger partial charge >= 0.3 is 0 Å². The van der Waals surface area contributed by atoms with Gasteiger partial charge in [0.2, 0.25) is 0 Å². The zero-order valence-electron chi connectivity index (χ0n) is 11.3. The van der Waals surface area contributed by atoms with Crippen molar-refractivity contribution in [3.05, 3.63) is 11.4 Å². The van der Waals surface area contributed by atoms with Crippen LogP contribution in [0.3, 0.4) is 0 Å². The number of amides is 1. The standard InChI is InChI=1S/C12H22N4O/c1-6-9(7-2)15(4)12(17)11-10(13)8(3)14-16(11)5/h9H,6-7,13H2,1-5H3. The molecule has 0 aromatic carbocycles. The number of hydrogen-bond donors (Lipinski definition) is 1. The highest BCUT2D eigenvalue weighted by atomic mass is 16.2. The van der Waals surface area contributed by atoms with Crippen molar-refractivity contribution in [3.63, 3.8) is 0 Å². The lowest BCUT2D eigenvalue weighted by molar-refractivity contribution is 0.0713. The molecule has 0 spiro atoms. The molecular weight excluding hydrogens is 216 g/mol. The third-order valence-electron chi connectivity index (χ3n) is 3.28. The third-order valence-corrected chi connectivity index (χ3v) is 3.28. The van der Waals surface area contributed by atoms with Gasteiger partial charge in [-0.15, -0.1) is 0 Å². The number of aromatic nitrogens is 2. The van der Waals surface area contributed by atoms with E-state index in [1.165, 1.54) is 0 Å². The molecule has 96 valence electrons. The zero-order valence-corrected chi connectivity index (χ0v) is 11.3. The van der Waals surface area contributed by atoms with Gasteiger partial charge in [-0.25, -0.2) is 0 Å². The second kappa shape index (κ2) is 5.21. The highest BCUT2D eigenvalue weighted by Gasteiger charge is 2.24. The lowest BCUT2D eigenvalue weighted by Crippen LogP contribution is -2.37. The van der Waals surface area contributed by atoms with E-state index in [0.717, 1.165) is 12.8 Å². The molecule has 0 fully saturated rings. The summed E-state index contributed by atoms with van der Waals surface area (Å²) in [5.41, 5.74) is 7.56. The van der Waals surface area contributed by atoms with Gasteiger partial charge in [0.05, 0.1) is 11.4 Å². The van der Waals surface area contributed by atoms with Crippen LogP contribution < -0.4 is 5.73 Å². The van der Waals surface area contributed by atoms with E-state index in [0.29, 0.717) is 17.1 Å². The predicted molar refractivity (Wildman–Crippen MR) is 68.8 cm³/mol. The Balaban J connectivity index is 3.04. The summed E-state index contributed by atoms with van der Waals surface area (Å²) in [6.07, 6.45) is 1.88. The molecule has 17 heavy (non-hydrogen) atoms. The number of hydrogen-bond acceptors (Lipinski definition) is 3. The van der Waals surface area contributed by atoms with E-state index < -0.39 is 0 Å². The van der Waals surface area contributed by atoms with Gasteiger partial charge in [-0.3, -0.25) is 9.48 Å². The Bertz CT molecular complexity index is 407. The van der Waals surface area contributed by atoms with E-state index in [2.05, 4.69) is 18.9 Å². The summed E-state index contributed by atoms with van der Waals surface area (Å²) in [6, 6.07) is 0.247. The maximum absolute atomic E-state index is 12.3. The Kier molecular flexibility index (Phi) is 4.15. The first-order valence-electron chi connectivity index (χ1n) is 6.00. The van der Waals surface area contributed by atoms with Crippen molar-refractivity contribution in [2.24, 2.45) is 7.05 Å². The monoisotopic (exact) mass is 238 g/mol. The van der Waals surface area contributed by atoms with Gasteiger partial charge in [-0.1, -0.05) is 13.8 Å². The van der Waals surface area contributed by atoms with E-state index >= 15 is 0 Å². The van der Waals surface area contributed by atoms with E-state index in [1.807, 2.05) is 14.0 Å². The summed E-state index contributed by atoms with van der Waals surface area (Å²) in [7, 11) is 3.57. The highest BCUT2D eigenvalue weighted by molar-refractivity contribution is 5.98. The summed E-state index contributed by atoms with van der Waals surface area (Å²) >= 11 is 0. The molecule has 0 aliphatic heterocycles. The van der Waals surface area contributed by atoms with Crippen molar-refractivity contribution < 1.29 is 4.79 Å². The quantitative estimate of drug-likeness (QED) is 0.866. The largest absolute Gasteiger partial charge is 0.395 e. The van der Waals surface area contributed by atoms with Crippen molar-refractivity contribution in [2.45, 2.75) is 39.7 Å². The number of anilines is 1. The second-order valence-electron chi connectivity index (χ2n) is 4.36. The first-order valence-corrected chi connectivity index (χ1v) is 6.00. The number of nitrogens with zero attached hydrogens (tertiary/aromatic N) is 3. The predicted octanol–water partition coefficient (Wildman–Crippen LogP) is 1.57. The summed E-state index contributed by atoms with van der Waals surface area (Å²) in [4.78, 5) is 14.1. The molecule has 1 rings (SSSR count). The molecule has 5 heteroatoms. The van der Waals surface area contributed by atoms with Crippen molar-refractivity contribution in [2.75, 3.05) is 12.8 Å². The fourth-order valence-corrected chi connectivity index (χ4v) is 2.10. The van der Waals surface area contributed by atoms with Gasteiger partial charge in [0.25, 0.3) is 5.91 Å². The van der Waals surface area contributed by atoms with E-state index in [4.69, 9.17) is 5.73 Å². The molecular formula is C12H22N4O. The van der Waals surface area contributed by atoms with Crippen molar-refractivity contribution in [1.29, 1.82) is 0 Å². The van der Waals surface area contributed by atoms with Crippen LogP contribution in [0.15, 0.2) is 0 Å². The molecule has 1 aromatic heterocycles. The molecule has 0 aliphatic rings. The van der Waals surface area contributed by atoms with Gasteiger partial charge in [-0.05, 0) is 19.8 Å². The zero-order chi connectivity index (χ0) is 13.2. The van der Waals surface area contributed by atoms with Crippen LogP contribution in [0.5, 0.6) is 0 Å². The van der Waals surface area contributed by atoms with Crippen molar-refractivity contribution >= 4 is 11.6 Å². The van der Waals surface area contributed by atoms with Gasteiger partial charge in [-0.2, -0.15) is 5.10 Å². The van der Waals surface area contributed by atoms with Crippen molar-refractivity contribution in [1.82, 2.24) is 14.7 Å². The minimum Gasteiger partial charge on any atom is -0.395 e. The molecule has 1 amide bonds. The molecule has 2 N–H and O–H groups in total. The lowest BCUT2D eigenvalue weighted by Gasteiger charge is -2.26. The molecule has 0 saturated heterocycles. The molecule has 5 nitrogen and oxygen atoms in total. The van der Waals surface area contributed by atoms with Gasteiger partial charge in [0, 0.05) is 20.1 Å². The molecule has 0 saturated carbocycles. The van der Waals surface area contributed by atoms with Gasteiger partial charge in [0.15, 0.2) is 0 Å². The maximum atomic E-state index is 12.3. The smallest absolute Gasteiger partial charge is 0.274 e. The Morgan fingerprint density at radius 3 is 2.35 bits per heavy atom.